The van der Waals surface area contributed by atoms with Crippen LogP contribution >= 0.6 is 0 Å². The molecule has 0 radical (unpaired) electrons. The smallest absolute Gasteiger partial charge is 0.254 e. The van der Waals surface area contributed by atoms with Crippen molar-refractivity contribution < 1.29 is 14.0 Å². The van der Waals surface area contributed by atoms with Gasteiger partial charge in [0.15, 0.2) is 0 Å². The summed E-state index contributed by atoms with van der Waals surface area (Å²) in [5.41, 5.74) is 1.87. The van der Waals surface area contributed by atoms with Gasteiger partial charge < -0.3 is 10.6 Å². The van der Waals surface area contributed by atoms with Crippen molar-refractivity contribution in [1.82, 2.24) is 15.6 Å². The second kappa shape index (κ2) is 8.20. The normalized spacial score (nSPS) is 10.5. The van der Waals surface area contributed by atoms with Crippen molar-refractivity contribution in [3.05, 3.63) is 77.7 Å². The van der Waals surface area contributed by atoms with Gasteiger partial charge in [0.2, 0.25) is 5.91 Å². The highest BCUT2D eigenvalue weighted by Crippen LogP contribution is 2.15. The molecule has 0 aliphatic rings. The van der Waals surface area contributed by atoms with Gasteiger partial charge in [0, 0.05) is 18.1 Å². The lowest BCUT2D eigenvalue weighted by atomic mass is 10.1. The largest absolute Gasteiger partial charge is 0.354 e. The number of fused-ring (bicyclic) bond motifs is 1. The number of amides is 2. The molecule has 1 heterocycles. The Balaban J connectivity index is 1.49. The van der Waals surface area contributed by atoms with Gasteiger partial charge in [-0.15, -0.1) is 0 Å². The Morgan fingerprint density at radius 2 is 1.77 bits per heavy atom. The fraction of sp³-hybridized carbons (Fsp3) is 0.150. The first kappa shape index (κ1) is 17.5. The Kier molecular flexibility index (Phi) is 5.53. The maximum atomic E-state index is 13.5. The van der Waals surface area contributed by atoms with Gasteiger partial charge in [-0.1, -0.05) is 36.4 Å². The van der Waals surface area contributed by atoms with Gasteiger partial charge in [-0.25, -0.2) is 4.39 Å². The number of hydrogen-bond acceptors (Lipinski definition) is 3. The van der Waals surface area contributed by atoms with Gasteiger partial charge in [0.05, 0.1) is 17.6 Å². The summed E-state index contributed by atoms with van der Waals surface area (Å²) in [6.07, 6.45) is 2.37. The highest BCUT2D eigenvalue weighted by Gasteiger charge is 2.11. The summed E-state index contributed by atoms with van der Waals surface area (Å²) in [6, 6.07) is 15.4. The molecule has 0 saturated heterocycles. The average molecular weight is 351 g/mol. The second-order valence-corrected chi connectivity index (χ2v) is 5.75. The van der Waals surface area contributed by atoms with Crippen LogP contribution in [0.25, 0.3) is 10.9 Å². The summed E-state index contributed by atoms with van der Waals surface area (Å²) in [5, 5.41) is 6.21. The van der Waals surface area contributed by atoms with Crippen LogP contribution in [-0.2, 0) is 11.2 Å². The summed E-state index contributed by atoms with van der Waals surface area (Å²) >= 11 is 0. The number of para-hydroxylation sites is 1. The van der Waals surface area contributed by atoms with Gasteiger partial charge in [-0.2, -0.15) is 0 Å². The summed E-state index contributed by atoms with van der Waals surface area (Å²) in [5.74, 6) is -1.56. The molecule has 0 saturated carbocycles. The minimum atomic E-state index is -0.617. The molecule has 2 N–H and O–H groups in total. The van der Waals surface area contributed by atoms with Crippen molar-refractivity contribution in [2.24, 2.45) is 0 Å². The number of halogens is 1. The Morgan fingerprint density at radius 1 is 0.962 bits per heavy atom. The summed E-state index contributed by atoms with van der Waals surface area (Å²) in [4.78, 5) is 28.1. The van der Waals surface area contributed by atoms with E-state index in [0.29, 0.717) is 13.0 Å². The molecule has 6 heteroatoms. The molecular formula is C20H18FN3O2. The molecule has 0 bridgehead atoms. The minimum absolute atomic E-state index is 0.0814. The first-order valence-corrected chi connectivity index (χ1v) is 8.27. The lowest BCUT2D eigenvalue weighted by Gasteiger charge is -2.09. The van der Waals surface area contributed by atoms with Gasteiger partial charge in [0.1, 0.15) is 5.82 Å². The monoisotopic (exact) mass is 351 g/mol. The van der Waals surface area contributed by atoms with E-state index in [1.165, 1.54) is 18.2 Å². The van der Waals surface area contributed by atoms with Crippen molar-refractivity contribution in [3.63, 3.8) is 0 Å². The Labute approximate surface area is 150 Å². The van der Waals surface area contributed by atoms with Crippen LogP contribution in [0.4, 0.5) is 4.39 Å². The molecule has 0 aliphatic carbocycles. The van der Waals surface area contributed by atoms with E-state index in [-0.39, 0.29) is 18.0 Å². The number of aromatic nitrogens is 1. The van der Waals surface area contributed by atoms with E-state index in [4.69, 9.17) is 0 Å². The van der Waals surface area contributed by atoms with Gasteiger partial charge in [-0.05, 0) is 30.2 Å². The van der Waals surface area contributed by atoms with E-state index in [9.17, 15) is 14.0 Å². The molecule has 26 heavy (non-hydrogen) atoms. The second-order valence-electron chi connectivity index (χ2n) is 5.75. The first-order chi connectivity index (χ1) is 12.6. The van der Waals surface area contributed by atoms with Crippen molar-refractivity contribution in [2.75, 3.05) is 13.1 Å². The molecule has 2 amide bonds. The number of nitrogens with one attached hydrogen (secondary N) is 2. The van der Waals surface area contributed by atoms with E-state index in [2.05, 4.69) is 15.6 Å². The van der Waals surface area contributed by atoms with Crippen LogP contribution in [0, 0.1) is 5.82 Å². The van der Waals surface area contributed by atoms with E-state index < -0.39 is 11.7 Å². The summed E-state index contributed by atoms with van der Waals surface area (Å²) in [7, 11) is 0. The molecule has 0 atom stereocenters. The third-order valence-electron chi connectivity index (χ3n) is 3.96. The van der Waals surface area contributed by atoms with Crippen molar-refractivity contribution in [2.45, 2.75) is 6.42 Å². The fourth-order valence-corrected chi connectivity index (χ4v) is 2.67. The molecule has 5 nitrogen and oxygen atoms in total. The van der Waals surface area contributed by atoms with E-state index in [1.54, 1.807) is 12.3 Å². The first-order valence-electron chi connectivity index (χ1n) is 8.27. The Hall–Kier alpha value is -3.28. The van der Waals surface area contributed by atoms with Crippen molar-refractivity contribution in [3.8, 4) is 0 Å². The molecule has 3 rings (SSSR count). The standard InChI is InChI=1S/C20H18FN3O2/c21-17-9-2-1-8-16(17)20(26)24-13-18(25)22-12-10-15-6-3-5-14-7-4-11-23-19(14)15/h1-9,11H,10,12-13H2,(H,22,25)(H,24,26). The number of nitrogens with zero attached hydrogens (tertiary/aromatic N) is 1. The number of benzene rings is 2. The number of rotatable bonds is 6. The number of pyridine rings is 1. The van der Waals surface area contributed by atoms with Gasteiger partial charge in [-0.3, -0.25) is 14.6 Å². The van der Waals surface area contributed by atoms with Crippen LogP contribution in [0.3, 0.4) is 0 Å². The maximum absolute atomic E-state index is 13.5. The number of hydrogen-bond donors (Lipinski definition) is 2. The van der Waals surface area contributed by atoms with E-state index >= 15 is 0 Å². The zero-order valence-corrected chi connectivity index (χ0v) is 14.0. The van der Waals surface area contributed by atoms with E-state index in [0.717, 1.165) is 16.5 Å². The third-order valence-corrected chi connectivity index (χ3v) is 3.96. The molecule has 0 unspecified atom stereocenters. The van der Waals surface area contributed by atoms with Crippen molar-refractivity contribution >= 4 is 22.7 Å². The Bertz CT molecular complexity index is 938. The predicted octanol–water partition coefficient (Wildman–Crippen LogP) is 2.46. The van der Waals surface area contributed by atoms with Crippen LogP contribution in [0.5, 0.6) is 0 Å². The maximum Gasteiger partial charge on any atom is 0.254 e. The lowest BCUT2D eigenvalue weighted by molar-refractivity contribution is -0.120. The lowest BCUT2D eigenvalue weighted by Crippen LogP contribution is -2.38. The van der Waals surface area contributed by atoms with Crippen LogP contribution < -0.4 is 10.6 Å². The zero-order chi connectivity index (χ0) is 18.4. The highest BCUT2D eigenvalue weighted by atomic mass is 19.1. The van der Waals surface area contributed by atoms with Gasteiger partial charge >= 0.3 is 0 Å². The van der Waals surface area contributed by atoms with E-state index in [1.807, 2.05) is 30.3 Å². The highest BCUT2D eigenvalue weighted by molar-refractivity contribution is 5.96. The van der Waals surface area contributed by atoms with Gasteiger partial charge in [0.25, 0.3) is 5.91 Å². The number of carbonyl (C=O) groups is 2. The molecule has 1 aromatic heterocycles. The molecule has 3 aromatic rings. The fourth-order valence-electron chi connectivity index (χ4n) is 2.67. The molecule has 0 aliphatic heterocycles. The average Bonchev–Trinajstić information content (AvgIpc) is 2.66. The molecule has 0 spiro atoms. The SMILES string of the molecule is O=C(CNC(=O)c1ccccc1F)NCCc1cccc2cccnc12. The molecule has 0 fully saturated rings. The predicted molar refractivity (Wildman–Crippen MR) is 97.2 cm³/mol. The molecule has 132 valence electrons. The summed E-state index contributed by atoms with van der Waals surface area (Å²) < 4.78 is 13.5. The van der Waals surface area contributed by atoms with Crippen molar-refractivity contribution in [1.29, 1.82) is 0 Å². The third kappa shape index (κ3) is 4.22. The zero-order valence-electron chi connectivity index (χ0n) is 14.0. The molecular weight excluding hydrogens is 333 g/mol. The summed E-state index contributed by atoms with van der Waals surface area (Å²) in [6.45, 7) is 0.213. The van der Waals surface area contributed by atoms with Crippen LogP contribution in [0.2, 0.25) is 0 Å². The Morgan fingerprint density at radius 3 is 2.62 bits per heavy atom. The quantitative estimate of drug-likeness (QED) is 0.717. The molecule has 2 aromatic carbocycles. The van der Waals surface area contributed by atoms with Crippen LogP contribution in [0.15, 0.2) is 60.8 Å². The topological polar surface area (TPSA) is 71.1 Å². The van der Waals surface area contributed by atoms with Crippen LogP contribution in [-0.4, -0.2) is 29.9 Å². The van der Waals surface area contributed by atoms with Crippen LogP contribution in [0.1, 0.15) is 15.9 Å². The minimum Gasteiger partial charge on any atom is -0.354 e. The number of carbonyl (C=O) groups excluding carboxylic acids is 2.